The topological polar surface area (TPSA) is 66.4 Å². The first-order valence-electron chi connectivity index (χ1n) is 4.63. The predicted octanol–water partition coefficient (Wildman–Crippen LogP) is 1.61. The average Bonchev–Trinajstić information content (AvgIpc) is 2.38. The molecule has 1 aliphatic rings. The molecule has 2 rings (SSSR count). The maximum Gasteiger partial charge on any atom is 0.337 e. The summed E-state index contributed by atoms with van der Waals surface area (Å²) in [4.78, 5) is 22.6. The van der Waals surface area contributed by atoms with Crippen LogP contribution >= 0.6 is 0 Å². The largest absolute Gasteiger partial charge is 0.478 e. The number of carbonyl (C=O) groups is 2. The number of carbonyl (C=O) groups excluding carboxylic acids is 1. The van der Waals surface area contributed by atoms with Crippen LogP contribution < -0.4 is 5.32 Å². The molecule has 1 aliphatic heterocycles. The van der Waals surface area contributed by atoms with Gasteiger partial charge in [-0.15, -0.1) is 0 Å². The van der Waals surface area contributed by atoms with Crippen LogP contribution in [0.15, 0.2) is 18.2 Å². The smallest absolute Gasteiger partial charge is 0.337 e. The normalized spacial score (nSPS) is 17.1. The Balaban J connectivity index is 2.68. The van der Waals surface area contributed by atoms with Gasteiger partial charge in [-0.05, 0) is 25.5 Å². The van der Waals surface area contributed by atoms with Gasteiger partial charge in [0.25, 0.3) is 0 Å². The molecule has 0 aromatic heterocycles. The maximum absolute atomic E-state index is 11.6. The van der Waals surface area contributed by atoms with Gasteiger partial charge in [0.15, 0.2) is 0 Å². The minimum Gasteiger partial charge on any atom is -0.478 e. The number of anilines is 1. The lowest BCUT2D eigenvalue weighted by Crippen LogP contribution is -2.26. The molecule has 1 aromatic carbocycles. The minimum atomic E-state index is -1.02. The van der Waals surface area contributed by atoms with E-state index in [9.17, 15) is 9.59 Å². The van der Waals surface area contributed by atoms with E-state index in [1.165, 1.54) is 6.07 Å². The summed E-state index contributed by atoms with van der Waals surface area (Å²) in [6.45, 7) is 3.56. The molecule has 0 saturated heterocycles. The summed E-state index contributed by atoms with van der Waals surface area (Å²) >= 11 is 0. The predicted molar refractivity (Wildman–Crippen MR) is 55.1 cm³/mol. The summed E-state index contributed by atoms with van der Waals surface area (Å²) in [5.41, 5.74) is 0.666. The molecule has 0 unspecified atom stereocenters. The highest BCUT2D eigenvalue weighted by Crippen LogP contribution is 2.39. The van der Waals surface area contributed by atoms with E-state index in [4.69, 9.17) is 5.11 Å². The van der Waals surface area contributed by atoms with E-state index >= 15 is 0 Å². The SMILES string of the molecule is CC1(C)C(=O)Nc2c(C(=O)O)cccc21. The molecule has 78 valence electrons. The lowest BCUT2D eigenvalue weighted by Gasteiger charge is -2.14. The number of carboxylic acid groups (broad SMARTS) is 1. The van der Waals surface area contributed by atoms with E-state index in [0.717, 1.165) is 5.56 Å². The van der Waals surface area contributed by atoms with Crippen molar-refractivity contribution in [1.29, 1.82) is 0 Å². The molecule has 4 nitrogen and oxygen atoms in total. The third-order valence-electron chi connectivity index (χ3n) is 2.77. The van der Waals surface area contributed by atoms with E-state index in [0.29, 0.717) is 5.69 Å². The molecule has 0 spiro atoms. The summed E-state index contributed by atoms with van der Waals surface area (Å²) < 4.78 is 0. The first kappa shape index (κ1) is 9.71. The van der Waals surface area contributed by atoms with Gasteiger partial charge in [0, 0.05) is 0 Å². The second-order valence-electron chi connectivity index (χ2n) is 4.11. The Bertz CT molecular complexity index is 463. The van der Waals surface area contributed by atoms with Crippen LogP contribution in [0.5, 0.6) is 0 Å². The number of para-hydroxylation sites is 1. The van der Waals surface area contributed by atoms with Crippen LogP contribution in [0, 0.1) is 0 Å². The number of carboxylic acids is 1. The molecule has 0 atom stereocenters. The summed E-state index contributed by atoms with van der Waals surface area (Å²) in [5, 5.41) is 11.6. The Kier molecular flexibility index (Phi) is 1.83. The van der Waals surface area contributed by atoms with Crippen molar-refractivity contribution in [2.24, 2.45) is 0 Å². The Labute approximate surface area is 86.9 Å². The molecular formula is C11H11NO3. The van der Waals surface area contributed by atoms with Crippen molar-refractivity contribution in [3.63, 3.8) is 0 Å². The molecule has 1 aromatic rings. The van der Waals surface area contributed by atoms with Gasteiger partial charge in [0.05, 0.1) is 16.7 Å². The number of amides is 1. The third-order valence-corrected chi connectivity index (χ3v) is 2.77. The first-order valence-corrected chi connectivity index (χ1v) is 4.63. The molecule has 4 heteroatoms. The minimum absolute atomic E-state index is 0.145. The zero-order valence-corrected chi connectivity index (χ0v) is 8.50. The van der Waals surface area contributed by atoms with Gasteiger partial charge in [-0.1, -0.05) is 12.1 Å². The summed E-state index contributed by atoms with van der Waals surface area (Å²) in [6.07, 6.45) is 0. The maximum atomic E-state index is 11.6. The zero-order valence-electron chi connectivity index (χ0n) is 8.50. The lowest BCUT2D eigenvalue weighted by atomic mass is 9.85. The standard InChI is InChI=1S/C11H11NO3/c1-11(2)7-5-3-4-6(9(13)14)8(7)12-10(11)15/h3-5H,1-2H3,(H,12,15)(H,13,14). The fourth-order valence-corrected chi connectivity index (χ4v) is 1.78. The van der Waals surface area contributed by atoms with Crippen LogP contribution in [0.4, 0.5) is 5.69 Å². The molecule has 0 radical (unpaired) electrons. The molecule has 1 heterocycles. The molecule has 1 amide bonds. The second-order valence-corrected chi connectivity index (χ2v) is 4.11. The number of nitrogens with one attached hydrogen (secondary N) is 1. The van der Waals surface area contributed by atoms with Crippen LogP contribution in [-0.4, -0.2) is 17.0 Å². The zero-order chi connectivity index (χ0) is 11.2. The molecule has 15 heavy (non-hydrogen) atoms. The quantitative estimate of drug-likeness (QED) is 0.732. The van der Waals surface area contributed by atoms with Crippen molar-refractivity contribution >= 4 is 17.6 Å². The van der Waals surface area contributed by atoms with E-state index in [1.54, 1.807) is 26.0 Å². The number of hydrogen-bond acceptors (Lipinski definition) is 2. The number of hydrogen-bond donors (Lipinski definition) is 2. The van der Waals surface area contributed by atoms with Crippen molar-refractivity contribution in [2.75, 3.05) is 5.32 Å². The molecule has 0 saturated carbocycles. The highest BCUT2D eigenvalue weighted by Gasteiger charge is 2.39. The van der Waals surface area contributed by atoms with Crippen molar-refractivity contribution in [2.45, 2.75) is 19.3 Å². The second kappa shape index (κ2) is 2.82. The number of aromatic carboxylic acids is 1. The van der Waals surface area contributed by atoms with E-state index in [-0.39, 0.29) is 11.5 Å². The Hall–Kier alpha value is -1.84. The van der Waals surface area contributed by atoms with Crippen LogP contribution in [-0.2, 0) is 10.2 Å². The molecule has 2 N–H and O–H groups in total. The van der Waals surface area contributed by atoms with Crippen LogP contribution in [0.1, 0.15) is 29.8 Å². The number of rotatable bonds is 1. The molecule has 0 aliphatic carbocycles. The van der Waals surface area contributed by atoms with Gasteiger partial charge in [-0.3, -0.25) is 4.79 Å². The highest BCUT2D eigenvalue weighted by atomic mass is 16.4. The van der Waals surface area contributed by atoms with Crippen molar-refractivity contribution in [3.8, 4) is 0 Å². The van der Waals surface area contributed by atoms with Gasteiger partial charge >= 0.3 is 5.97 Å². The summed E-state index contributed by atoms with van der Waals surface area (Å²) in [6, 6.07) is 4.92. The molecular weight excluding hydrogens is 194 g/mol. The van der Waals surface area contributed by atoms with Crippen molar-refractivity contribution in [1.82, 2.24) is 0 Å². The number of fused-ring (bicyclic) bond motifs is 1. The van der Waals surface area contributed by atoms with Gasteiger partial charge in [-0.25, -0.2) is 4.79 Å². The van der Waals surface area contributed by atoms with Crippen LogP contribution in [0.25, 0.3) is 0 Å². The van der Waals surface area contributed by atoms with E-state index in [1.807, 2.05) is 0 Å². The van der Waals surface area contributed by atoms with Gasteiger partial charge < -0.3 is 10.4 Å². The van der Waals surface area contributed by atoms with E-state index in [2.05, 4.69) is 5.32 Å². The number of benzene rings is 1. The highest BCUT2D eigenvalue weighted by molar-refractivity contribution is 6.10. The third kappa shape index (κ3) is 1.21. The van der Waals surface area contributed by atoms with Gasteiger partial charge in [0.2, 0.25) is 5.91 Å². The molecule has 0 fully saturated rings. The van der Waals surface area contributed by atoms with E-state index < -0.39 is 11.4 Å². The Morgan fingerprint density at radius 2 is 2.07 bits per heavy atom. The summed E-state index contributed by atoms with van der Waals surface area (Å²) in [5.74, 6) is -1.18. The van der Waals surface area contributed by atoms with Gasteiger partial charge in [0.1, 0.15) is 0 Å². The van der Waals surface area contributed by atoms with Crippen LogP contribution in [0.3, 0.4) is 0 Å². The van der Waals surface area contributed by atoms with Crippen molar-refractivity contribution in [3.05, 3.63) is 29.3 Å². The van der Waals surface area contributed by atoms with Crippen LogP contribution in [0.2, 0.25) is 0 Å². The summed E-state index contributed by atoms with van der Waals surface area (Å²) in [7, 11) is 0. The first-order chi connectivity index (χ1) is 6.94. The lowest BCUT2D eigenvalue weighted by molar-refractivity contribution is -0.119. The Morgan fingerprint density at radius 1 is 1.40 bits per heavy atom. The van der Waals surface area contributed by atoms with Crippen molar-refractivity contribution < 1.29 is 14.7 Å². The fraction of sp³-hybridized carbons (Fsp3) is 0.273. The Morgan fingerprint density at radius 3 is 2.67 bits per heavy atom. The fourth-order valence-electron chi connectivity index (χ4n) is 1.78. The average molecular weight is 205 g/mol. The van der Waals surface area contributed by atoms with Gasteiger partial charge in [-0.2, -0.15) is 0 Å². The monoisotopic (exact) mass is 205 g/mol. The molecule has 0 bridgehead atoms.